The van der Waals surface area contributed by atoms with Crippen molar-refractivity contribution in [2.45, 2.75) is 25.8 Å². The van der Waals surface area contributed by atoms with Gasteiger partial charge in [0.15, 0.2) is 0 Å². The summed E-state index contributed by atoms with van der Waals surface area (Å²) in [5.74, 6) is 0.584. The Hall–Kier alpha value is -0.920. The van der Waals surface area contributed by atoms with E-state index in [0.717, 1.165) is 31.6 Å². The first-order valence-electron chi connectivity index (χ1n) is 6.99. The summed E-state index contributed by atoms with van der Waals surface area (Å²) < 4.78 is 1.80. The van der Waals surface area contributed by atoms with Gasteiger partial charge in [-0.1, -0.05) is 0 Å². The maximum Gasteiger partial charge on any atom is 0.283 e. The Kier molecular flexibility index (Phi) is 5.56. The number of hydrogen-bond donors (Lipinski definition) is 2. The summed E-state index contributed by atoms with van der Waals surface area (Å²) in [7, 11) is 0. The van der Waals surface area contributed by atoms with Gasteiger partial charge in [0.1, 0.15) is 4.47 Å². The maximum atomic E-state index is 12.1. The molecule has 0 aliphatic carbocycles. The van der Waals surface area contributed by atoms with Crippen LogP contribution in [-0.4, -0.2) is 41.1 Å². The van der Waals surface area contributed by atoms with E-state index in [1.165, 1.54) is 11.1 Å². The van der Waals surface area contributed by atoms with E-state index >= 15 is 0 Å². The molecule has 0 bridgehead atoms. The Morgan fingerprint density at radius 1 is 1.55 bits per heavy atom. The minimum Gasteiger partial charge on any atom is -0.394 e. The molecular weight excluding hydrogens is 324 g/mol. The van der Waals surface area contributed by atoms with E-state index in [9.17, 15) is 4.79 Å². The highest BCUT2D eigenvalue weighted by molar-refractivity contribution is 9.10. The number of aliphatic hydroxyl groups is 1. The summed E-state index contributed by atoms with van der Waals surface area (Å²) in [6, 6.07) is 0. The number of rotatable bonds is 5. The molecule has 1 aliphatic heterocycles. The molecule has 0 spiro atoms. The average molecular weight is 345 g/mol. The molecule has 1 aliphatic rings. The van der Waals surface area contributed by atoms with Crippen molar-refractivity contribution >= 4 is 21.6 Å². The van der Waals surface area contributed by atoms with Crippen molar-refractivity contribution in [3.8, 4) is 0 Å². The molecule has 2 rings (SSSR count). The zero-order chi connectivity index (χ0) is 14.5. The molecule has 3 N–H and O–H groups in total. The lowest BCUT2D eigenvalue weighted by Gasteiger charge is -2.34. The fourth-order valence-electron chi connectivity index (χ4n) is 2.69. The second-order valence-corrected chi connectivity index (χ2v) is 5.92. The van der Waals surface area contributed by atoms with Crippen molar-refractivity contribution in [3.05, 3.63) is 21.0 Å². The number of piperidine rings is 1. The van der Waals surface area contributed by atoms with Crippen LogP contribution in [0.25, 0.3) is 0 Å². The molecule has 1 atom stereocenters. The predicted molar refractivity (Wildman–Crippen MR) is 81.9 cm³/mol. The van der Waals surface area contributed by atoms with Gasteiger partial charge in [-0.05, 0) is 47.7 Å². The van der Waals surface area contributed by atoms with Crippen molar-refractivity contribution in [3.63, 3.8) is 0 Å². The number of aliphatic hydroxyl groups excluding tert-OH is 1. The van der Waals surface area contributed by atoms with Crippen molar-refractivity contribution < 1.29 is 5.11 Å². The van der Waals surface area contributed by atoms with Crippen LogP contribution in [0.1, 0.15) is 19.3 Å². The van der Waals surface area contributed by atoms with Crippen LogP contribution in [0.3, 0.4) is 0 Å². The zero-order valence-corrected chi connectivity index (χ0v) is 13.0. The predicted octanol–water partition coefficient (Wildman–Crippen LogP) is 0.563. The maximum absolute atomic E-state index is 12.1. The highest BCUT2D eigenvalue weighted by Gasteiger charge is 2.22. The third kappa shape index (κ3) is 3.39. The molecule has 0 saturated carbocycles. The Labute approximate surface area is 126 Å². The minimum atomic E-state index is -0.197. The molecule has 112 valence electrons. The first-order valence-corrected chi connectivity index (χ1v) is 7.78. The molecule has 1 unspecified atom stereocenters. The Balaban J connectivity index is 2.20. The van der Waals surface area contributed by atoms with E-state index < -0.39 is 0 Å². The SMILES string of the molecule is NCCC1CCCN(c2cnn(CCO)c(=O)c2Br)C1. The normalized spacial score (nSPS) is 19.4. The Bertz CT molecular complexity index is 504. The molecule has 6 nitrogen and oxygen atoms in total. The number of nitrogens with two attached hydrogens (primary N) is 1. The lowest BCUT2D eigenvalue weighted by Crippen LogP contribution is -2.38. The fourth-order valence-corrected chi connectivity index (χ4v) is 3.24. The Morgan fingerprint density at radius 3 is 3.05 bits per heavy atom. The largest absolute Gasteiger partial charge is 0.394 e. The molecule has 1 aromatic rings. The number of aromatic nitrogens is 2. The van der Waals surface area contributed by atoms with Gasteiger partial charge in [-0.15, -0.1) is 0 Å². The summed E-state index contributed by atoms with van der Waals surface area (Å²) in [4.78, 5) is 14.3. The molecule has 1 fully saturated rings. The second-order valence-electron chi connectivity index (χ2n) is 5.13. The minimum absolute atomic E-state index is 0.0962. The second kappa shape index (κ2) is 7.19. The lowest BCUT2D eigenvalue weighted by atomic mass is 9.94. The molecule has 1 saturated heterocycles. The van der Waals surface area contributed by atoms with Crippen molar-refractivity contribution in [2.24, 2.45) is 11.7 Å². The fraction of sp³-hybridized carbons (Fsp3) is 0.692. The third-order valence-corrected chi connectivity index (χ3v) is 4.46. The van der Waals surface area contributed by atoms with Crippen LogP contribution in [0.4, 0.5) is 5.69 Å². The van der Waals surface area contributed by atoms with E-state index in [-0.39, 0.29) is 18.7 Å². The van der Waals surface area contributed by atoms with Gasteiger partial charge in [0, 0.05) is 13.1 Å². The number of halogens is 1. The number of nitrogens with zero attached hydrogens (tertiary/aromatic N) is 3. The number of anilines is 1. The van der Waals surface area contributed by atoms with Crippen LogP contribution in [0, 0.1) is 5.92 Å². The van der Waals surface area contributed by atoms with E-state index in [4.69, 9.17) is 10.8 Å². The monoisotopic (exact) mass is 344 g/mol. The summed E-state index contributed by atoms with van der Waals surface area (Å²) >= 11 is 3.37. The van der Waals surface area contributed by atoms with E-state index in [2.05, 4.69) is 25.9 Å². The summed E-state index contributed by atoms with van der Waals surface area (Å²) in [6.07, 6.45) is 5.02. The first-order chi connectivity index (χ1) is 9.67. The van der Waals surface area contributed by atoms with E-state index in [1.807, 2.05) is 0 Å². The lowest BCUT2D eigenvalue weighted by molar-refractivity contribution is 0.266. The summed E-state index contributed by atoms with van der Waals surface area (Å²) in [6.45, 7) is 2.68. The van der Waals surface area contributed by atoms with Crippen LogP contribution in [0.15, 0.2) is 15.5 Å². The third-order valence-electron chi connectivity index (χ3n) is 3.71. The van der Waals surface area contributed by atoms with Crippen molar-refractivity contribution in [1.29, 1.82) is 0 Å². The quantitative estimate of drug-likeness (QED) is 0.815. The molecule has 20 heavy (non-hydrogen) atoms. The molecule has 0 amide bonds. The van der Waals surface area contributed by atoms with Gasteiger partial charge < -0.3 is 15.7 Å². The zero-order valence-electron chi connectivity index (χ0n) is 11.5. The molecule has 0 radical (unpaired) electrons. The van der Waals surface area contributed by atoms with Crippen molar-refractivity contribution in [2.75, 3.05) is 31.1 Å². The van der Waals surface area contributed by atoms with Gasteiger partial charge in [0.05, 0.1) is 25.0 Å². The van der Waals surface area contributed by atoms with Crippen LogP contribution in [0.2, 0.25) is 0 Å². The van der Waals surface area contributed by atoms with Gasteiger partial charge in [-0.2, -0.15) is 5.10 Å². The van der Waals surface area contributed by atoms with Gasteiger partial charge in [-0.25, -0.2) is 4.68 Å². The van der Waals surface area contributed by atoms with Gasteiger partial charge in [0.25, 0.3) is 5.56 Å². The van der Waals surface area contributed by atoms with Crippen LogP contribution in [0.5, 0.6) is 0 Å². The molecule has 1 aromatic heterocycles. The van der Waals surface area contributed by atoms with Crippen molar-refractivity contribution in [1.82, 2.24) is 9.78 Å². The standard InChI is InChI=1S/C13H21BrN4O2/c14-12-11(8-16-18(6-7-19)13(12)20)17-5-1-2-10(9-17)3-4-15/h8,10,19H,1-7,9,15H2. The van der Waals surface area contributed by atoms with Crippen LogP contribution >= 0.6 is 15.9 Å². The average Bonchev–Trinajstić information content (AvgIpc) is 2.45. The van der Waals surface area contributed by atoms with Crippen LogP contribution in [-0.2, 0) is 6.54 Å². The van der Waals surface area contributed by atoms with Gasteiger partial charge >= 0.3 is 0 Å². The van der Waals surface area contributed by atoms with Gasteiger partial charge in [0.2, 0.25) is 0 Å². The smallest absolute Gasteiger partial charge is 0.283 e. The Morgan fingerprint density at radius 2 is 2.35 bits per heavy atom. The molecule has 2 heterocycles. The van der Waals surface area contributed by atoms with E-state index in [1.54, 1.807) is 6.20 Å². The molecule has 7 heteroatoms. The van der Waals surface area contributed by atoms with Crippen LogP contribution < -0.4 is 16.2 Å². The summed E-state index contributed by atoms with van der Waals surface area (Å²) in [5.41, 5.74) is 6.28. The molecule has 0 aromatic carbocycles. The van der Waals surface area contributed by atoms with Gasteiger partial charge in [-0.3, -0.25) is 4.79 Å². The topological polar surface area (TPSA) is 84.4 Å². The highest BCUT2D eigenvalue weighted by Crippen LogP contribution is 2.28. The highest BCUT2D eigenvalue weighted by atomic mass is 79.9. The molecular formula is C13H21BrN4O2. The van der Waals surface area contributed by atoms with E-state index in [0.29, 0.717) is 16.9 Å². The number of hydrogen-bond acceptors (Lipinski definition) is 5. The summed E-state index contributed by atoms with van der Waals surface area (Å²) in [5, 5.41) is 13.0. The first kappa shape index (κ1) is 15.5.